The first kappa shape index (κ1) is 10.2. The Kier molecular flexibility index (Phi) is 2.86. The number of anilines is 2. The van der Waals surface area contributed by atoms with Gasteiger partial charge in [-0.25, -0.2) is 0 Å². The van der Waals surface area contributed by atoms with Gasteiger partial charge in [-0.15, -0.1) is 0 Å². The molecule has 5 nitrogen and oxygen atoms in total. The maximum absolute atomic E-state index is 11.7. The number of para-hydroxylation sites is 1. The molecular weight excluding hydrogens is 206 g/mol. The van der Waals surface area contributed by atoms with Gasteiger partial charge in [-0.3, -0.25) is 4.79 Å². The van der Waals surface area contributed by atoms with Crippen molar-refractivity contribution in [3.8, 4) is 0 Å². The van der Waals surface area contributed by atoms with Gasteiger partial charge in [0.15, 0.2) is 5.69 Å². The molecule has 0 spiro atoms. The van der Waals surface area contributed by atoms with Gasteiger partial charge >= 0.3 is 0 Å². The molecule has 2 aromatic rings. The van der Waals surface area contributed by atoms with Crippen LogP contribution in [0.1, 0.15) is 10.5 Å². The summed E-state index contributed by atoms with van der Waals surface area (Å²) in [6.07, 6.45) is 0. The van der Waals surface area contributed by atoms with E-state index in [1.165, 1.54) is 6.07 Å². The van der Waals surface area contributed by atoms with Crippen LogP contribution < -0.4 is 10.6 Å². The topological polar surface area (TPSA) is 67.2 Å². The van der Waals surface area contributed by atoms with Crippen molar-refractivity contribution < 1.29 is 9.32 Å². The lowest BCUT2D eigenvalue weighted by molar-refractivity contribution is 0.101. The molecule has 0 aliphatic rings. The molecule has 0 aliphatic heterocycles. The summed E-state index contributed by atoms with van der Waals surface area (Å²) < 4.78 is 4.85. The molecule has 16 heavy (non-hydrogen) atoms. The van der Waals surface area contributed by atoms with Gasteiger partial charge < -0.3 is 15.2 Å². The minimum absolute atomic E-state index is 0.244. The smallest absolute Gasteiger partial charge is 0.277 e. The van der Waals surface area contributed by atoms with E-state index in [1.54, 1.807) is 19.2 Å². The Morgan fingerprint density at radius 2 is 2.06 bits per heavy atom. The van der Waals surface area contributed by atoms with Crippen molar-refractivity contribution in [2.45, 2.75) is 0 Å². The highest BCUT2D eigenvalue weighted by Crippen LogP contribution is 2.11. The summed E-state index contributed by atoms with van der Waals surface area (Å²) in [5.41, 5.74) is 0.967. The molecule has 1 amide bonds. The molecule has 0 aliphatic carbocycles. The zero-order valence-corrected chi connectivity index (χ0v) is 8.73. The van der Waals surface area contributed by atoms with Gasteiger partial charge in [-0.05, 0) is 12.1 Å². The second kappa shape index (κ2) is 4.48. The van der Waals surface area contributed by atoms with Crippen molar-refractivity contribution in [3.63, 3.8) is 0 Å². The number of rotatable bonds is 3. The molecule has 1 aromatic carbocycles. The van der Waals surface area contributed by atoms with Crippen molar-refractivity contribution >= 4 is 17.5 Å². The van der Waals surface area contributed by atoms with Crippen molar-refractivity contribution in [2.75, 3.05) is 17.7 Å². The number of hydrogen-bond acceptors (Lipinski definition) is 4. The van der Waals surface area contributed by atoms with Gasteiger partial charge in [0, 0.05) is 18.8 Å². The molecule has 82 valence electrons. The average Bonchev–Trinajstić information content (AvgIpc) is 2.79. The Morgan fingerprint density at radius 3 is 2.69 bits per heavy atom. The van der Waals surface area contributed by atoms with Crippen LogP contribution in [0.15, 0.2) is 40.9 Å². The maximum Gasteiger partial charge on any atom is 0.277 e. The predicted molar refractivity (Wildman–Crippen MR) is 60.4 cm³/mol. The van der Waals surface area contributed by atoms with Crippen LogP contribution in [0.2, 0.25) is 0 Å². The fourth-order valence-corrected chi connectivity index (χ4v) is 1.22. The van der Waals surface area contributed by atoms with E-state index in [-0.39, 0.29) is 11.6 Å². The van der Waals surface area contributed by atoms with Crippen LogP contribution in [0.25, 0.3) is 0 Å². The molecule has 0 unspecified atom stereocenters. The van der Waals surface area contributed by atoms with Crippen LogP contribution in [0.4, 0.5) is 11.6 Å². The number of carbonyl (C=O) groups is 1. The lowest BCUT2D eigenvalue weighted by Gasteiger charge is -2.00. The summed E-state index contributed by atoms with van der Waals surface area (Å²) in [6.45, 7) is 0. The molecule has 0 saturated heterocycles. The molecule has 0 fully saturated rings. The third-order valence-electron chi connectivity index (χ3n) is 2.02. The standard InChI is InChI=1S/C11H11N3O2/c1-12-10-7-9(14-16-10)11(15)13-8-5-3-2-4-6-8/h2-7,12H,1H3,(H,13,15). The van der Waals surface area contributed by atoms with E-state index in [4.69, 9.17) is 4.52 Å². The first-order valence-electron chi connectivity index (χ1n) is 4.80. The third-order valence-corrected chi connectivity index (χ3v) is 2.02. The number of nitrogens with one attached hydrogen (secondary N) is 2. The lowest BCUT2D eigenvalue weighted by Crippen LogP contribution is -2.11. The summed E-state index contributed by atoms with van der Waals surface area (Å²) in [6, 6.07) is 10.7. The van der Waals surface area contributed by atoms with E-state index in [0.29, 0.717) is 5.88 Å². The van der Waals surface area contributed by atoms with Crippen molar-refractivity contribution in [2.24, 2.45) is 0 Å². The molecule has 2 rings (SSSR count). The minimum Gasteiger partial charge on any atom is -0.357 e. The van der Waals surface area contributed by atoms with E-state index in [9.17, 15) is 4.79 Å². The Balaban J connectivity index is 2.09. The zero-order valence-electron chi connectivity index (χ0n) is 8.73. The van der Waals surface area contributed by atoms with Gasteiger partial charge in [0.1, 0.15) is 0 Å². The zero-order chi connectivity index (χ0) is 11.4. The average molecular weight is 217 g/mol. The molecule has 1 heterocycles. The molecule has 0 saturated carbocycles. The normalized spacial score (nSPS) is 9.81. The van der Waals surface area contributed by atoms with E-state index in [0.717, 1.165) is 5.69 Å². The molecule has 1 aromatic heterocycles. The quantitative estimate of drug-likeness (QED) is 0.824. The summed E-state index contributed by atoms with van der Waals surface area (Å²) in [7, 11) is 1.69. The number of benzene rings is 1. The number of aromatic nitrogens is 1. The van der Waals surface area contributed by atoms with Crippen molar-refractivity contribution in [1.82, 2.24) is 5.16 Å². The molecule has 0 atom stereocenters. The third kappa shape index (κ3) is 2.20. The van der Waals surface area contributed by atoms with E-state index in [1.807, 2.05) is 18.2 Å². The summed E-state index contributed by atoms with van der Waals surface area (Å²) >= 11 is 0. The SMILES string of the molecule is CNc1cc(C(=O)Nc2ccccc2)no1. The monoisotopic (exact) mass is 217 g/mol. The first-order valence-corrected chi connectivity index (χ1v) is 4.80. The Bertz CT molecular complexity index is 479. The van der Waals surface area contributed by atoms with Crippen LogP contribution in [0.5, 0.6) is 0 Å². The van der Waals surface area contributed by atoms with E-state index < -0.39 is 0 Å². The van der Waals surface area contributed by atoms with Crippen molar-refractivity contribution in [3.05, 3.63) is 42.1 Å². The van der Waals surface area contributed by atoms with E-state index >= 15 is 0 Å². The molecule has 5 heteroatoms. The van der Waals surface area contributed by atoms with Gasteiger partial charge in [0.25, 0.3) is 5.91 Å². The van der Waals surface area contributed by atoms with Crippen molar-refractivity contribution in [1.29, 1.82) is 0 Å². The Hall–Kier alpha value is -2.30. The maximum atomic E-state index is 11.7. The van der Waals surface area contributed by atoms with E-state index in [2.05, 4.69) is 15.8 Å². The number of carbonyl (C=O) groups excluding carboxylic acids is 1. The number of amides is 1. The fourth-order valence-electron chi connectivity index (χ4n) is 1.22. The fraction of sp³-hybridized carbons (Fsp3) is 0.0909. The van der Waals surface area contributed by atoms with Crippen LogP contribution in [-0.4, -0.2) is 18.1 Å². The number of hydrogen-bond donors (Lipinski definition) is 2. The Morgan fingerprint density at radius 1 is 1.31 bits per heavy atom. The highest BCUT2D eigenvalue weighted by molar-refractivity contribution is 6.03. The first-order chi connectivity index (χ1) is 7.79. The minimum atomic E-state index is -0.295. The highest BCUT2D eigenvalue weighted by atomic mass is 16.5. The van der Waals surface area contributed by atoms with Crippen LogP contribution in [0.3, 0.4) is 0 Å². The second-order valence-electron chi connectivity index (χ2n) is 3.15. The molecule has 2 N–H and O–H groups in total. The molecular formula is C11H11N3O2. The van der Waals surface area contributed by atoms with Gasteiger partial charge in [-0.1, -0.05) is 23.4 Å². The van der Waals surface area contributed by atoms with Crippen LogP contribution >= 0.6 is 0 Å². The van der Waals surface area contributed by atoms with Gasteiger partial charge in [0.2, 0.25) is 5.88 Å². The Labute approximate surface area is 92.4 Å². The summed E-state index contributed by atoms with van der Waals surface area (Å²) in [5.74, 6) is 0.162. The van der Waals surface area contributed by atoms with Crippen LogP contribution in [0, 0.1) is 0 Å². The molecule has 0 radical (unpaired) electrons. The highest BCUT2D eigenvalue weighted by Gasteiger charge is 2.11. The number of nitrogens with zero attached hydrogens (tertiary/aromatic N) is 1. The van der Waals surface area contributed by atoms with Gasteiger partial charge in [-0.2, -0.15) is 0 Å². The second-order valence-corrected chi connectivity index (χ2v) is 3.15. The largest absolute Gasteiger partial charge is 0.357 e. The van der Waals surface area contributed by atoms with Crippen LogP contribution in [-0.2, 0) is 0 Å². The summed E-state index contributed by atoms with van der Waals surface area (Å²) in [4.78, 5) is 11.7. The van der Waals surface area contributed by atoms with Gasteiger partial charge in [0.05, 0.1) is 0 Å². The molecule has 0 bridgehead atoms. The predicted octanol–water partition coefficient (Wildman–Crippen LogP) is 1.97. The summed E-state index contributed by atoms with van der Waals surface area (Å²) in [5, 5.41) is 9.10. The lowest BCUT2D eigenvalue weighted by atomic mass is 10.3.